The second kappa shape index (κ2) is 9.18. The van der Waals surface area contributed by atoms with Crippen LogP contribution in [-0.4, -0.2) is 48.4 Å². The molecular formula is C25H23F2N5O2. The number of nitrogens with one attached hydrogen (secondary N) is 1. The number of pyridine rings is 3. The fourth-order valence-electron chi connectivity index (χ4n) is 4.15. The number of morpholine rings is 1. The van der Waals surface area contributed by atoms with E-state index in [4.69, 9.17) is 9.47 Å². The fourth-order valence-corrected chi connectivity index (χ4v) is 4.15. The van der Waals surface area contributed by atoms with Gasteiger partial charge in [0, 0.05) is 43.0 Å². The lowest BCUT2D eigenvalue weighted by Gasteiger charge is -2.28. The van der Waals surface area contributed by atoms with Crippen molar-refractivity contribution >= 4 is 28.0 Å². The van der Waals surface area contributed by atoms with Crippen LogP contribution in [-0.2, 0) is 4.74 Å². The molecule has 4 heterocycles. The number of methoxy groups -OCH3 is 1. The normalized spacial score (nSPS) is 13.8. The highest BCUT2D eigenvalue weighted by Crippen LogP contribution is 2.37. The summed E-state index contributed by atoms with van der Waals surface area (Å²) >= 11 is 0. The summed E-state index contributed by atoms with van der Waals surface area (Å²) in [4.78, 5) is 15.3. The van der Waals surface area contributed by atoms with Crippen LogP contribution < -0.4 is 15.0 Å². The van der Waals surface area contributed by atoms with Gasteiger partial charge in [0.05, 0.1) is 66.4 Å². The number of anilines is 3. The maximum absolute atomic E-state index is 15.0. The van der Waals surface area contributed by atoms with E-state index in [1.54, 1.807) is 30.7 Å². The van der Waals surface area contributed by atoms with Crippen molar-refractivity contribution in [1.82, 2.24) is 15.0 Å². The third-order valence-electron chi connectivity index (χ3n) is 5.83. The van der Waals surface area contributed by atoms with Crippen LogP contribution in [0.2, 0.25) is 0 Å². The monoisotopic (exact) mass is 463 g/mol. The number of hydrogen-bond donors (Lipinski definition) is 1. The van der Waals surface area contributed by atoms with Crippen LogP contribution in [0, 0.1) is 18.6 Å². The number of benzene rings is 1. The quantitative estimate of drug-likeness (QED) is 0.453. The van der Waals surface area contributed by atoms with E-state index in [-0.39, 0.29) is 10.9 Å². The lowest BCUT2D eigenvalue weighted by molar-refractivity contribution is 0.122. The average molecular weight is 463 g/mol. The second-order valence-corrected chi connectivity index (χ2v) is 7.99. The lowest BCUT2D eigenvalue weighted by Crippen LogP contribution is -2.36. The topological polar surface area (TPSA) is 72.4 Å². The molecule has 1 saturated heterocycles. The molecule has 1 fully saturated rings. The molecule has 1 aliphatic heterocycles. The van der Waals surface area contributed by atoms with Crippen molar-refractivity contribution in [3.8, 4) is 17.1 Å². The molecule has 3 aromatic heterocycles. The summed E-state index contributed by atoms with van der Waals surface area (Å²) in [7, 11) is 1.53. The molecule has 0 aliphatic carbocycles. The Hall–Kier alpha value is -3.85. The number of ether oxygens (including phenoxy) is 2. The minimum absolute atomic E-state index is 0.202. The molecule has 0 atom stereocenters. The number of hydrogen-bond acceptors (Lipinski definition) is 7. The van der Waals surface area contributed by atoms with Gasteiger partial charge in [-0.2, -0.15) is 0 Å². The Labute approximate surface area is 195 Å². The van der Waals surface area contributed by atoms with Gasteiger partial charge >= 0.3 is 0 Å². The molecule has 0 radical (unpaired) electrons. The molecule has 1 aliphatic rings. The predicted octanol–water partition coefficient (Wildman–Crippen LogP) is 4.87. The molecule has 0 spiro atoms. The summed E-state index contributed by atoms with van der Waals surface area (Å²) in [5.74, 6) is -0.966. The highest BCUT2D eigenvalue weighted by molar-refractivity contribution is 5.98. The zero-order valence-electron chi connectivity index (χ0n) is 18.8. The fraction of sp³-hybridized carbons (Fsp3) is 0.240. The van der Waals surface area contributed by atoms with Crippen molar-refractivity contribution in [2.24, 2.45) is 0 Å². The van der Waals surface area contributed by atoms with Gasteiger partial charge in [-0.15, -0.1) is 0 Å². The molecule has 7 nitrogen and oxygen atoms in total. The van der Waals surface area contributed by atoms with Gasteiger partial charge in [-0.05, 0) is 24.6 Å². The third kappa shape index (κ3) is 4.22. The third-order valence-corrected chi connectivity index (χ3v) is 5.83. The summed E-state index contributed by atoms with van der Waals surface area (Å²) < 4.78 is 39.8. The Kier molecular flexibility index (Phi) is 5.93. The molecule has 34 heavy (non-hydrogen) atoms. The number of rotatable bonds is 5. The molecule has 1 N–H and O–H groups in total. The summed E-state index contributed by atoms with van der Waals surface area (Å²) in [6.45, 7) is 4.69. The molecule has 174 valence electrons. The molecule has 0 bridgehead atoms. The van der Waals surface area contributed by atoms with Gasteiger partial charge < -0.3 is 19.7 Å². The summed E-state index contributed by atoms with van der Waals surface area (Å²) in [6.07, 6.45) is 5.07. The number of fused-ring (bicyclic) bond motifs is 1. The molecule has 5 rings (SSSR count). The number of aromatic nitrogens is 3. The minimum Gasteiger partial charge on any atom is -0.481 e. The van der Waals surface area contributed by atoms with Crippen LogP contribution in [0.1, 0.15) is 5.56 Å². The predicted molar refractivity (Wildman–Crippen MR) is 127 cm³/mol. The summed E-state index contributed by atoms with van der Waals surface area (Å²) in [5, 5.41) is 3.53. The van der Waals surface area contributed by atoms with Crippen LogP contribution in [0.25, 0.3) is 22.2 Å². The van der Waals surface area contributed by atoms with Crippen LogP contribution in [0.3, 0.4) is 0 Å². The van der Waals surface area contributed by atoms with Gasteiger partial charge in [-0.1, -0.05) is 0 Å². The van der Waals surface area contributed by atoms with Gasteiger partial charge in [0.15, 0.2) is 0 Å². The van der Waals surface area contributed by atoms with E-state index >= 15 is 4.39 Å². The first kappa shape index (κ1) is 22.0. The van der Waals surface area contributed by atoms with E-state index in [9.17, 15) is 4.39 Å². The Morgan fingerprint density at radius 3 is 2.71 bits per heavy atom. The second-order valence-electron chi connectivity index (χ2n) is 7.99. The van der Waals surface area contributed by atoms with Crippen molar-refractivity contribution in [2.75, 3.05) is 43.6 Å². The molecule has 1 aromatic carbocycles. The molecule has 4 aromatic rings. The number of nitrogens with zero attached hydrogens (tertiary/aromatic N) is 4. The zero-order valence-corrected chi connectivity index (χ0v) is 18.8. The molecular weight excluding hydrogens is 440 g/mol. The van der Waals surface area contributed by atoms with E-state index < -0.39 is 11.6 Å². The van der Waals surface area contributed by atoms with Crippen molar-refractivity contribution in [3.05, 3.63) is 66.1 Å². The minimum atomic E-state index is -0.693. The van der Waals surface area contributed by atoms with Crippen molar-refractivity contribution in [2.45, 2.75) is 6.92 Å². The summed E-state index contributed by atoms with van der Waals surface area (Å²) in [5.41, 5.74) is 4.31. The first-order valence-corrected chi connectivity index (χ1v) is 10.9. The standard InChI is InChI=1S/C25H23F2N5O2/c1-15-24(16-3-4-29-22(9-16)33-2)31-21-11-17(26)10-20(27)23(21)25(15)30-18-12-19(14-28-13-18)32-5-7-34-8-6-32/h3-4,9-14H,5-8H2,1-2H3,(H,30,31). The van der Waals surface area contributed by atoms with Gasteiger partial charge in [0.25, 0.3) is 0 Å². The Morgan fingerprint density at radius 1 is 1.09 bits per heavy atom. The number of halogens is 2. The van der Waals surface area contributed by atoms with Crippen molar-refractivity contribution in [1.29, 1.82) is 0 Å². The highest BCUT2D eigenvalue weighted by Gasteiger charge is 2.19. The zero-order chi connectivity index (χ0) is 23.7. The van der Waals surface area contributed by atoms with E-state index in [0.717, 1.165) is 30.4 Å². The van der Waals surface area contributed by atoms with E-state index in [1.807, 2.05) is 13.0 Å². The Balaban J connectivity index is 1.64. The highest BCUT2D eigenvalue weighted by atomic mass is 19.1. The van der Waals surface area contributed by atoms with Gasteiger partial charge in [0.1, 0.15) is 11.6 Å². The maximum atomic E-state index is 15.0. The molecule has 0 amide bonds. The molecule has 0 unspecified atom stereocenters. The van der Waals surface area contributed by atoms with E-state index in [0.29, 0.717) is 41.7 Å². The molecule has 0 saturated carbocycles. The summed E-state index contributed by atoms with van der Waals surface area (Å²) in [6, 6.07) is 7.57. The van der Waals surface area contributed by atoms with E-state index in [1.165, 1.54) is 13.2 Å². The van der Waals surface area contributed by atoms with Crippen molar-refractivity contribution < 1.29 is 18.3 Å². The van der Waals surface area contributed by atoms with E-state index in [2.05, 4.69) is 25.2 Å². The Morgan fingerprint density at radius 2 is 1.91 bits per heavy atom. The van der Waals surface area contributed by atoms with Crippen LogP contribution in [0.4, 0.5) is 25.8 Å². The lowest BCUT2D eigenvalue weighted by atomic mass is 10.0. The first-order chi connectivity index (χ1) is 16.5. The van der Waals surface area contributed by atoms with Crippen LogP contribution >= 0.6 is 0 Å². The smallest absolute Gasteiger partial charge is 0.213 e. The van der Waals surface area contributed by atoms with Crippen LogP contribution in [0.5, 0.6) is 5.88 Å². The van der Waals surface area contributed by atoms with Crippen molar-refractivity contribution in [3.63, 3.8) is 0 Å². The maximum Gasteiger partial charge on any atom is 0.213 e. The van der Waals surface area contributed by atoms with Gasteiger partial charge in [-0.3, -0.25) is 4.98 Å². The van der Waals surface area contributed by atoms with Gasteiger partial charge in [0.2, 0.25) is 5.88 Å². The Bertz CT molecular complexity index is 1360. The SMILES string of the molecule is COc1cc(-c2nc3cc(F)cc(F)c3c(Nc3cncc(N4CCOCC4)c3)c2C)ccn1. The average Bonchev–Trinajstić information content (AvgIpc) is 2.86. The van der Waals surface area contributed by atoms with Crippen LogP contribution in [0.15, 0.2) is 48.9 Å². The molecule has 9 heteroatoms. The largest absolute Gasteiger partial charge is 0.481 e. The first-order valence-electron chi connectivity index (χ1n) is 10.9. The van der Waals surface area contributed by atoms with Gasteiger partial charge in [-0.25, -0.2) is 18.7 Å².